The first-order valence-electron chi connectivity index (χ1n) is 14.3. The van der Waals surface area contributed by atoms with E-state index >= 15 is 0 Å². The van der Waals surface area contributed by atoms with Crippen molar-refractivity contribution >= 4 is 53.2 Å². The van der Waals surface area contributed by atoms with Crippen LogP contribution in [0.3, 0.4) is 0 Å². The fourth-order valence-electron chi connectivity index (χ4n) is 4.57. The van der Waals surface area contributed by atoms with Crippen LogP contribution in [0.5, 0.6) is 0 Å². The predicted octanol–water partition coefficient (Wildman–Crippen LogP) is 4.47. The summed E-state index contributed by atoms with van der Waals surface area (Å²) >= 11 is 8.26. The molecule has 14 heteroatoms. The maximum Gasteiger partial charge on any atom is 0.328 e. The third kappa shape index (κ3) is 14.3. The van der Waals surface area contributed by atoms with Gasteiger partial charge in [0.05, 0.1) is 6.61 Å². The molecule has 2 aliphatic heterocycles. The summed E-state index contributed by atoms with van der Waals surface area (Å²) in [5.41, 5.74) is 2.77. The molecule has 248 valence electrons. The Morgan fingerprint density at radius 3 is 1.96 bits per heavy atom. The Morgan fingerprint density at radius 2 is 1.41 bits per heavy atom. The monoisotopic (exact) mass is 676 g/mol. The Kier molecular flexibility index (Phi) is 16.6. The van der Waals surface area contributed by atoms with E-state index in [1.165, 1.54) is 20.9 Å². The van der Waals surface area contributed by atoms with Crippen molar-refractivity contribution in [1.82, 2.24) is 9.80 Å². The highest BCUT2D eigenvalue weighted by atomic mass is 35.5. The molecule has 1 saturated heterocycles. The second-order valence-electron chi connectivity index (χ2n) is 9.94. The largest absolute Gasteiger partial charge is 0.478 e. The van der Waals surface area contributed by atoms with Crippen molar-refractivity contribution in [2.24, 2.45) is 0 Å². The molecule has 2 aromatic carbocycles. The topological polar surface area (TPSA) is 182 Å². The number of nitrogens with zero attached hydrogens (tertiary/aromatic N) is 2. The van der Waals surface area contributed by atoms with Gasteiger partial charge in [0.25, 0.3) is 0 Å². The predicted molar refractivity (Wildman–Crippen MR) is 171 cm³/mol. The highest BCUT2D eigenvalue weighted by Gasteiger charge is 2.30. The fraction of sp³-hybridized carbons (Fsp3) is 0.344. The molecule has 1 unspecified atom stereocenters. The summed E-state index contributed by atoms with van der Waals surface area (Å²) in [6.07, 6.45) is 4.60. The van der Waals surface area contributed by atoms with E-state index in [0.29, 0.717) is 43.4 Å². The molecule has 2 aliphatic rings. The Balaban J connectivity index is 0.000000381. The van der Waals surface area contributed by atoms with Gasteiger partial charge in [0.2, 0.25) is 0 Å². The maximum atomic E-state index is 11.3. The van der Waals surface area contributed by atoms with Crippen LogP contribution in [0.1, 0.15) is 36.9 Å². The number of carboxylic acid groups (broad SMARTS) is 4. The second kappa shape index (κ2) is 20.1. The van der Waals surface area contributed by atoms with E-state index in [-0.39, 0.29) is 5.97 Å². The molecule has 0 aromatic heterocycles. The average molecular weight is 677 g/mol. The lowest BCUT2D eigenvalue weighted by Crippen LogP contribution is -2.48. The number of carbonyl (C=O) groups excluding carboxylic acids is 1. The van der Waals surface area contributed by atoms with Gasteiger partial charge in [-0.05, 0) is 48.2 Å². The zero-order valence-electron chi connectivity index (χ0n) is 25.2. The molecule has 2 aromatic rings. The first-order chi connectivity index (χ1) is 21.9. The zero-order valence-corrected chi connectivity index (χ0v) is 26.8. The fourth-order valence-corrected chi connectivity index (χ4v) is 5.86. The molecule has 4 rings (SSSR count). The van der Waals surface area contributed by atoms with Crippen LogP contribution in [0.15, 0.2) is 76.6 Å². The van der Waals surface area contributed by atoms with Crippen molar-refractivity contribution in [3.63, 3.8) is 0 Å². The SMILES string of the molecule is CCC(=O)OCCCN1CCN(C2Cc3ccccc3Sc3ccc(Cl)cc32)CC1.O=C(O)/C=C/C(=O)O.O=C(O)/C=C/C(=O)O. The van der Waals surface area contributed by atoms with Gasteiger partial charge in [-0.25, -0.2) is 19.2 Å². The molecule has 1 atom stereocenters. The number of carbonyl (C=O) groups is 5. The number of piperazine rings is 1. The van der Waals surface area contributed by atoms with Crippen LogP contribution >= 0.6 is 23.4 Å². The van der Waals surface area contributed by atoms with Crippen LogP contribution in [-0.4, -0.2) is 99.4 Å². The van der Waals surface area contributed by atoms with Gasteiger partial charge in [-0.3, -0.25) is 9.69 Å². The van der Waals surface area contributed by atoms with Gasteiger partial charge in [-0.15, -0.1) is 0 Å². The van der Waals surface area contributed by atoms with Gasteiger partial charge >= 0.3 is 29.8 Å². The normalized spacial score (nSPS) is 16.1. The number of rotatable bonds is 10. The van der Waals surface area contributed by atoms with E-state index in [4.69, 9.17) is 36.8 Å². The molecule has 4 N–H and O–H groups in total. The zero-order chi connectivity index (χ0) is 34.1. The summed E-state index contributed by atoms with van der Waals surface area (Å²) in [6.45, 7) is 7.51. The molecule has 0 spiro atoms. The van der Waals surface area contributed by atoms with Crippen molar-refractivity contribution in [2.75, 3.05) is 39.3 Å². The van der Waals surface area contributed by atoms with Crippen LogP contribution in [0, 0.1) is 0 Å². The quantitative estimate of drug-likeness (QED) is 0.157. The highest BCUT2D eigenvalue weighted by molar-refractivity contribution is 7.99. The summed E-state index contributed by atoms with van der Waals surface area (Å²) < 4.78 is 5.21. The maximum absolute atomic E-state index is 11.3. The molecular weight excluding hydrogens is 640 g/mol. The van der Waals surface area contributed by atoms with E-state index < -0.39 is 23.9 Å². The van der Waals surface area contributed by atoms with E-state index in [2.05, 4.69) is 46.2 Å². The standard InChI is InChI=1S/C24H29ClN2O2S.2C4H4O4/c1-2-24(28)29-15-5-10-26-11-13-27(14-12-26)21-16-18-6-3-4-7-22(18)30-23-9-8-19(25)17-20(21)23;2*5-3(6)1-2-4(7)8/h3-4,6-9,17,21H,2,5,10-16H2,1H3;2*1-2H,(H,5,6)(H,7,8)/b;2*2-1+. The number of benzene rings is 2. The van der Waals surface area contributed by atoms with Gasteiger partial charge in [0.15, 0.2) is 0 Å². The molecule has 0 radical (unpaired) electrons. The van der Waals surface area contributed by atoms with Gasteiger partial charge in [0, 0.05) is 84.3 Å². The number of hydrogen-bond acceptors (Lipinski definition) is 9. The number of fused-ring (bicyclic) bond motifs is 2. The average Bonchev–Trinajstić information content (AvgIpc) is 3.18. The molecule has 0 saturated carbocycles. The van der Waals surface area contributed by atoms with Crippen molar-refractivity contribution in [2.45, 2.75) is 42.0 Å². The first kappa shape index (κ1) is 38.0. The van der Waals surface area contributed by atoms with Crippen molar-refractivity contribution in [3.05, 3.63) is 82.9 Å². The van der Waals surface area contributed by atoms with E-state index in [0.717, 1.165) is 50.6 Å². The number of hydrogen-bond donors (Lipinski definition) is 4. The van der Waals surface area contributed by atoms with Crippen LogP contribution < -0.4 is 0 Å². The number of carboxylic acids is 4. The number of halogens is 1. The third-order valence-corrected chi connectivity index (χ3v) is 8.14. The van der Waals surface area contributed by atoms with Crippen LogP contribution in [-0.2, 0) is 35.1 Å². The summed E-state index contributed by atoms with van der Waals surface area (Å²) in [5.74, 6) is -5.14. The van der Waals surface area contributed by atoms with E-state index in [9.17, 15) is 24.0 Å². The van der Waals surface area contributed by atoms with Crippen LogP contribution in [0.2, 0.25) is 5.02 Å². The summed E-state index contributed by atoms with van der Waals surface area (Å²) in [4.78, 5) is 57.2. The molecule has 0 aliphatic carbocycles. The Bertz CT molecular complexity index is 1360. The summed E-state index contributed by atoms with van der Waals surface area (Å²) in [6, 6.07) is 15.4. The van der Waals surface area contributed by atoms with Crippen LogP contribution in [0.25, 0.3) is 0 Å². The van der Waals surface area contributed by atoms with E-state index in [1.54, 1.807) is 0 Å². The molecule has 2 heterocycles. The lowest BCUT2D eigenvalue weighted by Gasteiger charge is -2.39. The van der Waals surface area contributed by atoms with Gasteiger partial charge in [0.1, 0.15) is 0 Å². The molecule has 0 bridgehead atoms. The molecule has 0 amide bonds. The Hall–Kier alpha value is -4.17. The minimum absolute atomic E-state index is 0.108. The van der Waals surface area contributed by atoms with Crippen LogP contribution in [0.4, 0.5) is 0 Å². The second-order valence-corrected chi connectivity index (χ2v) is 11.5. The van der Waals surface area contributed by atoms with Crippen molar-refractivity contribution in [1.29, 1.82) is 0 Å². The first-order valence-corrected chi connectivity index (χ1v) is 15.5. The van der Waals surface area contributed by atoms with Crippen molar-refractivity contribution in [3.8, 4) is 0 Å². The number of aliphatic carboxylic acids is 4. The number of ether oxygens (including phenoxy) is 1. The number of esters is 1. The minimum Gasteiger partial charge on any atom is -0.478 e. The summed E-state index contributed by atoms with van der Waals surface area (Å²) in [7, 11) is 0. The summed E-state index contributed by atoms with van der Waals surface area (Å²) in [5, 5.41) is 32.1. The van der Waals surface area contributed by atoms with Gasteiger partial charge in [-0.1, -0.05) is 48.5 Å². The third-order valence-electron chi connectivity index (χ3n) is 6.69. The lowest BCUT2D eigenvalue weighted by molar-refractivity contribution is -0.143. The molecule has 12 nitrogen and oxygen atoms in total. The van der Waals surface area contributed by atoms with Gasteiger partial charge < -0.3 is 30.1 Å². The highest BCUT2D eigenvalue weighted by Crippen LogP contribution is 2.43. The van der Waals surface area contributed by atoms with E-state index in [1.807, 2.05) is 24.8 Å². The minimum atomic E-state index is -1.26. The Morgan fingerprint density at radius 1 is 0.848 bits per heavy atom. The molecule has 1 fully saturated rings. The molecular formula is C32H37ClN2O10S. The molecule has 46 heavy (non-hydrogen) atoms. The smallest absolute Gasteiger partial charge is 0.328 e. The van der Waals surface area contributed by atoms with Gasteiger partial charge in [-0.2, -0.15) is 0 Å². The lowest BCUT2D eigenvalue weighted by atomic mass is 9.96. The van der Waals surface area contributed by atoms with Crippen molar-refractivity contribution < 1.29 is 49.1 Å². The Labute approximate surface area is 275 Å².